The fourth-order valence-electron chi connectivity index (χ4n) is 2.06. The Morgan fingerprint density at radius 1 is 0.900 bits per heavy atom. The van der Waals surface area contributed by atoms with Crippen LogP contribution in [0, 0.1) is 0 Å². The van der Waals surface area contributed by atoms with Gasteiger partial charge in [0.25, 0.3) is 0 Å². The molecule has 3 rings (SSSR count). The van der Waals surface area contributed by atoms with Crippen LogP contribution in [0.2, 0.25) is 0 Å². The predicted octanol–water partition coefficient (Wildman–Crippen LogP) is 2.91. The highest BCUT2D eigenvalue weighted by atomic mass is 32.2. The van der Waals surface area contributed by atoms with Crippen LogP contribution in [-0.4, -0.2) is 18.4 Å². The molecule has 100 valence electrons. The lowest BCUT2D eigenvalue weighted by molar-refractivity contribution is 0.589. The standard InChI is InChI=1S/C15H12N2O2S/c18-20(19,15-16-10-11-17-15)14-9-5-4-8-13(14)12-6-2-1-3-7-12/h1-11H,(H,16,17). The summed E-state index contributed by atoms with van der Waals surface area (Å²) in [6.07, 6.45) is 2.93. The zero-order chi connectivity index (χ0) is 14.0. The third-order valence-electron chi connectivity index (χ3n) is 2.99. The van der Waals surface area contributed by atoms with Crippen molar-refractivity contribution in [3.8, 4) is 11.1 Å². The van der Waals surface area contributed by atoms with Gasteiger partial charge in [0, 0.05) is 18.0 Å². The summed E-state index contributed by atoms with van der Waals surface area (Å²) in [4.78, 5) is 6.76. The van der Waals surface area contributed by atoms with Crippen LogP contribution in [0.3, 0.4) is 0 Å². The van der Waals surface area contributed by atoms with E-state index in [-0.39, 0.29) is 10.1 Å². The first-order chi connectivity index (χ1) is 9.69. The van der Waals surface area contributed by atoms with Gasteiger partial charge in [-0.15, -0.1) is 0 Å². The number of hydrogen-bond donors (Lipinski definition) is 1. The minimum atomic E-state index is -3.64. The van der Waals surface area contributed by atoms with Crippen molar-refractivity contribution in [2.24, 2.45) is 0 Å². The molecule has 0 unspecified atom stereocenters. The van der Waals surface area contributed by atoms with E-state index >= 15 is 0 Å². The number of rotatable bonds is 3. The smallest absolute Gasteiger partial charge is 0.240 e. The second-order valence-electron chi connectivity index (χ2n) is 4.26. The molecule has 1 N–H and O–H groups in total. The third kappa shape index (κ3) is 2.12. The monoisotopic (exact) mass is 284 g/mol. The van der Waals surface area contributed by atoms with Crippen molar-refractivity contribution in [2.45, 2.75) is 10.1 Å². The number of hydrogen-bond acceptors (Lipinski definition) is 3. The van der Waals surface area contributed by atoms with Crippen LogP contribution in [0.5, 0.6) is 0 Å². The quantitative estimate of drug-likeness (QED) is 0.804. The van der Waals surface area contributed by atoms with Gasteiger partial charge in [-0.2, -0.15) is 0 Å². The molecule has 4 nitrogen and oxygen atoms in total. The molecular formula is C15H12N2O2S. The summed E-state index contributed by atoms with van der Waals surface area (Å²) in [5.74, 6) is 0. The van der Waals surface area contributed by atoms with Crippen molar-refractivity contribution in [3.63, 3.8) is 0 Å². The predicted molar refractivity (Wildman–Crippen MR) is 75.9 cm³/mol. The van der Waals surface area contributed by atoms with E-state index < -0.39 is 9.84 Å². The number of aromatic amines is 1. The fourth-order valence-corrected chi connectivity index (χ4v) is 3.42. The Morgan fingerprint density at radius 3 is 2.30 bits per heavy atom. The van der Waals surface area contributed by atoms with Gasteiger partial charge >= 0.3 is 0 Å². The van der Waals surface area contributed by atoms with Gasteiger partial charge in [0.2, 0.25) is 15.0 Å². The molecule has 0 aliphatic carbocycles. The van der Waals surface area contributed by atoms with E-state index in [0.29, 0.717) is 5.56 Å². The Kier molecular flexibility index (Phi) is 3.12. The van der Waals surface area contributed by atoms with Crippen LogP contribution in [0.25, 0.3) is 11.1 Å². The number of sulfone groups is 1. The Labute approximate surface area is 117 Å². The molecule has 0 bridgehead atoms. The molecule has 0 fully saturated rings. The van der Waals surface area contributed by atoms with Crippen LogP contribution in [0.15, 0.2) is 77.0 Å². The van der Waals surface area contributed by atoms with Crippen molar-refractivity contribution in [3.05, 3.63) is 67.0 Å². The average molecular weight is 284 g/mol. The molecule has 0 spiro atoms. The van der Waals surface area contributed by atoms with Gasteiger partial charge in [-0.1, -0.05) is 48.5 Å². The number of nitrogens with zero attached hydrogens (tertiary/aromatic N) is 1. The first-order valence-electron chi connectivity index (χ1n) is 6.08. The molecular weight excluding hydrogens is 272 g/mol. The number of benzene rings is 2. The first-order valence-corrected chi connectivity index (χ1v) is 7.57. The van der Waals surface area contributed by atoms with Gasteiger partial charge in [-0.25, -0.2) is 13.4 Å². The van der Waals surface area contributed by atoms with Gasteiger partial charge in [0.15, 0.2) is 0 Å². The SMILES string of the molecule is O=S(=O)(c1ncc[nH]1)c1ccccc1-c1ccccc1. The van der Waals surface area contributed by atoms with Gasteiger partial charge < -0.3 is 4.98 Å². The summed E-state index contributed by atoms with van der Waals surface area (Å²) in [6, 6.07) is 16.4. The van der Waals surface area contributed by atoms with E-state index in [1.807, 2.05) is 36.4 Å². The largest absolute Gasteiger partial charge is 0.335 e. The molecule has 0 saturated heterocycles. The van der Waals surface area contributed by atoms with E-state index in [1.165, 1.54) is 12.4 Å². The van der Waals surface area contributed by atoms with Gasteiger partial charge in [0.1, 0.15) is 0 Å². The summed E-state index contributed by atoms with van der Waals surface area (Å²) in [5, 5.41) is -0.0409. The Hall–Kier alpha value is -2.40. The number of imidazole rings is 1. The lowest BCUT2D eigenvalue weighted by atomic mass is 10.1. The first kappa shape index (κ1) is 12.6. The number of H-pyrrole nitrogens is 1. The summed E-state index contributed by atoms with van der Waals surface area (Å²) < 4.78 is 25.2. The van der Waals surface area contributed by atoms with Crippen LogP contribution >= 0.6 is 0 Å². The van der Waals surface area contributed by atoms with Crippen LogP contribution in [-0.2, 0) is 9.84 Å². The highest BCUT2D eigenvalue weighted by Crippen LogP contribution is 2.29. The summed E-state index contributed by atoms with van der Waals surface area (Å²) in [5.41, 5.74) is 1.53. The summed E-state index contributed by atoms with van der Waals surface area (Å²) >= 11 is 0. The molecule has 20 heavy (non-hydrogen) atoms. The average Bonchev–Trinajstić information content (AvgIpc) is 3.03. The maximum absolute atomic E-state index is 12.6. The van der Waals surface area contributed by atoms with Crippen molar-refractivity contribution < 1.29 is 8.42 Å². The maximum atomic E-state index is 12.6. The number of aromatic nitrogens is 2. The van der Waals surface area contributed by atoms with Crippen molar-refractivity contribution in [1.29, 1.82) is 0 Å². The topological polar surface area (TPSA) is 62.8 Å². The fraction of sp³-hybridized carbons (Fsp3) is 0. The van der Waals surface area contributed by atoms with E-state index in [9.17, 15) is 8.42 Å². The molecule has 0 atom stereocenters. The summed E-state index contributed by atoms with van der Waals surface area (Å²) in [6.45, 7) is 0. The van der Waals surface area contributed by atoms with E-state index in [2.05, 4.69) is 9.97 Å². The van der Waals surface area contributed by atoms with Crippen molar-refractivity contribution >= 4 is 9.84 Å². The van der Waals surface area contributed by atoms with Gasteiger partial charge in [-0.3, -0.25) is 0 Å². The van der Waals surface area contributed by atoms with Crippen LogP contribution in [0.1, 0.15) is 0 Å². The van der Waals surface area contributed by atoms with Crippen molar-refractivity contribution in [1.82, 2.24) is 9.97 Å². The van der Waals surface area contributed by atoms with E-state index in [0.717, 1.165) is 5.56 Å². The molecule has 0 radical (unpaired) electrons. The minimum Gasteiger partial charge on any atom is -0.335 e. The molecule has 0 saturated carbocycles. The van der Waals surface area contributed by atoms with Gasteiger partial charge in [0.05, 0.1) is 4.90 Å². The Morgan fingerprint density at radius 2 is 1.60 bits per heavy atom. The maximum Gasteiger partial charge on any atom is 0.240 e. The molecule has 3 aromatic rings. The second-order valence-corrected chi connectivity index (χ2v) is 6.09. The number of nitrogens with one attached hydrogen (secondary N) is 1. The minimum absolute atomic E-state index is 0.0409. The van der Waals surface area contributed by atoms with E-state index in [1.54, 1.807) is 18.2 Å². The molecule has 5 heteroatoms. The Balaban J connectivity index is 2.22. The molecule has 1 aromatic heterocycles. The van der Waals surface area contributed by atoms with Crippen molar-refractivity contribution in [2.75, 3.05) is 0 Å². The summed E-state index contributed by atoms with van der Waals surface area (Å²) in [7, 11) is -3.64. The molecule has 0 amide bonds. The van der Waals surface area contributed by atoms with E-state index in [4.69, 9.17) is 0 Å². The second kappa shape index (κ2) is 4.94. The lowest BCUT2D eigenvalue weighted by Crippen LogP contribution is -2.05. The molecule has 0 aliphatic heterocycles. The lowest BCUT2D eigenvalue weighted by Gasteiger charge is -2.09. The van der Waals surface area contributed by atoms with Crippen LogP contribution < -0.4 is 0 Å². The zero-order valence-corrected chi connectivity index (χ0v) is 11.3. The Bertz CT molecular complexity index is 810. The normalized spacial score (nSPS) is 11.4. The van der Waals surface area contributed by atoms with Crippen LogP contribution in [0.4, 0.5) is 0 Å². The molecule has 1 heterocycles. The molecule has 2 aromatic carbocycles. The third-order valence-corrected chi connectivity index (χ3v) is 4.66. The zero-order valence-electron chi connectivity index (χ0n) is 10.5. The highest BCUT2D eigenvalue weighted by Gasteiger charge is 2.23. The molecule has 0 aliphatic rings. The van der Waals surface area contributed by atoms with Gasteiger partial charge in [-0.05, 0) is 11.6 Å². The highest BCUT2D eigenvalue weighted by molar-refractivity contribution is 7.91.